The molecule has 0 spiro atoms. The van der Waals surface area contributed by atoms with Crippen LogP contribution in [0.1, 0.15) is 219 Å². The van der Waals surface area contributed by atoms with Crippen molar-refractivity contribution in [2.45, 2.75) is 262 Å². The quantitative estimate of drug-likeness (QED) is 0.0261. The Morgan fingerprint density at radius 1 is 0.493 bits per heavy atom. The highest BCUT2D eigenvalue weighted by Gasteiger charge is 2.44. The van der Waals surface area contributed by atoms with Crippen molar-refractivity contribution >= 4 is 5.91 Å². The third-order valence-electron chi connectivity index (χ3n) is 12.9. The van der Waals surface area contributed by atoms with Gasteiger partial charge < -0.3 is 40.3 Å². The van der Waals surface area contributed by atoms with Crippen LogP contribution < -0.4 is 5.32 Å². The van der Waals surface area contributed by atoms with Crippen molar-refractivity contribution in [1.29, 1.82) is 0 Å². The van der Waals surface area contributed by atoms with Gasteiger partial charge in [-0.3, -0.25) is 4.79 Å². The van der Waals surface area contributed by atoms with E-state index in [0.29, 0.717) is 12.8 Å². The molecule has 9 heteroatoms. The van der Waals surface area contributed by atoms with Crippen molar-refractivity contribution in [3.8, 4) is 0 Å². The van der Waals surface area contributed by atoms with E-state index in [1.807, 2.05) is 0 Å². The Morgan fingerprint density at radius 3 is 1.30 bits per heavy atom. The molecular weight excluding hydrogens is 887 g/mol. The number of hydrogen-bond donors (Lipinski definition) is 6. The second-order valence-corrected chi connectivity index (χ2v) is 19.4. The lowest BCUT2D eigenvalue weighted by molar-refractivity contribution is -0.302. The maximum Gasteiger partial charge on any atom is 0.220 e. The molecule has 0 aromatic heterocycles. The summed E-state index contributed by atoms with van der Waals surface area (Å²) in [6.07, 6.45) is 66.8. The Morgan fingerprint density at radius 2 is 0.873 bits per heavy atom. The van der Waals surface area contributed by atoms with Crippen LogP contribution in [0.4, 0.5) is 0 Å². The van der Waals surface area contributed by atoms with Gasteiger partial charge in [-0.05, 0) is 83.5 Å². The van der Waals surface area contributed by atoms with Gasteiger partial charge in [-0.2, -0.15) is 0 Å². The van der Waals surface area contributed by atoms with Crippen LogP contribution in [0.5, 0.6) is 0 Å². The highest BCUT2D eigenvalue weighted by molar-refractivity contribution is 5.76. The minimum Gasteiger partial charge on any atom is -0.394 e. The highest BCUT2D eigenvalue weighted by atomic mass is 16.7. The fraction of sp³-hybridized carbons (Fsp3) is 0.694. The Hall–Kier alpha value is -3.15. The van der Waals surface area contributed by atoms with Crippen LogP contribution in [0.15, 0.2) is 109 Å². The fourth-order valence-electron chi connectivity index (χ4n) is 8.39. The number of aliphatic hydroxyl groups is 5. The first-order valence-corrected chi connectivity index (χ1v) is 28.6. The molecule has 1 heterocycles. The van der Waals surface area contributed by atoms with Gasteiger partial charge in [0.25, 0.3) is 0 Å². The molecule has 1 saturated heterocycles. The van der Waals surface area contributed by atoms with Crippen LogP contribution in [-0.2, 0) is 14.3 Å². The van der Waals surface area contributed by atoms with Gasteiger partial charge in [0.15, 0.2) is 6.29 Å². The Balaban J connectivity index is 2.23. The number of allylic oxidation sites excluding steroid dienone is 18. The average Bonchev–Trinajstić information content (AvgIpc) is 3.37. The van der Waals surface area contributed by atoms with Gasteiger partial charge in [0.2, 0.25) is 5.91 Å². The third-order valence-corrected chi connectivity index (χ3v) is 12.9. The van der Waals surface area contributed by atoms with E-state index in [2.05, 4.69) is 129 Å². The van der Waals surface area contributed by atoms with E-state index in [1.165, 1.54) is 77.0 Å². The minimum atomic E-state index is -1.56. The number of ether oxygens (including phenoxy) is 2. The second-order valence-electron chi connectivity index (χ2n) is 19.4. The lowest BCUT2D eigenvalue weighted by Gasteiger charge is -2.40. The van der Waals surface area contributed by atoms with Crippen molar-refractivity contribution in [2.24, 2.45) is 0 Å². The molecule has 7 unspecified atom stereocenters. The zero-order chi connectivity index (χ0) is 51.5. The van der Waals surface area contributed by atoms with Gasteiger partial charge in [-0.1, -0.05) is 239 Å². The molecule has 0 aromatic carbocycles. The number of rotatable bonds is 47. The van der Waals surface area contributed by atoms with Crippen molar-refractivity contribution in [1.82, 2.24) is 5.32 Å². The number of carbonyl (C=O) groups is 1. The van der Waals surface area contributed by atoms with Gasteiger partial charge >= 0.3 is 0 Å². The lowest BCUT2D eigenvalue weighted by Crippen LogP contribution is -2.60. The molecule has 1 aliphatic rings. The number of nitrogens with one attached hydrogen (secondary N) is 1. The average molecular weight is 993 g/mol. The molecule has 1 amide bonds. The summed E-state index contributed by atoms with van der Waals surface area (Å²) in [5.41, 5.74) is 0. The lowest BCUT2D eigenvalue weighted by atomic mass is 9.99. The van der Waals surface area contributed by atoms with Crippen LogP contribution in [0, 0.1) is 0 Å². The zero-order valence-corrected chi connectivity index (χ0v) is 44.9. The first-order valence-electron chi connectivity index (χ1n) is 28.6. The van der Waals surface area contributed by atoms with Crippen molar-refractivity contribution in [3.05, 3.63) is 109 Å². The molecule has 0 radical (unpaired) electrons. The zero-order valence-electron chi connectivity index (χ0n) is 44.9. The van der Waals surface area contributed by atoms with E-state index < -0.39 is 49.5 Å². The monoisotopic (exact) mass is 992 g/mol. The molecular formula is C62H105NO8. The van der Waals surface area contributed by atoms with Crippen LogP contribution >= 0.6 is 0 Å². The third kappa shape index (κ3) is 40.0. The summed E-state index contributed by atoms with van der Waals surface area (Å²) in [6.45, 7) is 3.70. The highest BCUT2D eigenvalue weighted by Crippen LogP contribution is 2.23. The van der Waals surface area contributed by atoms with E-state index in [0.717, 1.165) is 116 Å². The van der Waals surface area contributed by atoms with Crippen LogP contribution in [-0.4, -0.2) is 87.5 Å². The number of amides is 1. The molecule has 1 fully saturated rings. The molecule has 1 rings (SSSR count). The summed E-state index contributed by atoms with van der Waals surface area (Å²) < 4.78 is 11.3. The van der Waals surface area contributed by atoms with E-state index >= 15 is 0 Å². The van der Waals surface area contributed by atoms with Gasteiger partial charge in [-0.25, -0.2) is 0 Å². The molecule has 0 aromatic rings. The SMILES string of the molecule is CC/C=C\C/C=C\C/C=C\C/C=C\C/C=C\C/C=C\C/C=C\C/C=C\C/C=C\CCCCCCCC(=O)NC(COC1OC(CO)C(O)C(O)C1O)C(O)CCCCCCCCCCCCCCCCC. The molecule has 0 bridgehead atoms. The molecule has 406 valence electrons. The Labute approximate surface area is 434 Å². The summed E-state index contributed by atoms with van der Waals surface area (Å²) in [4.78, 5) is 13.1. The first kappa shape index (κ1) is 65.9. The van der Waals surface area contributed by atoms with E-state index in [-0.39, 0.29) is 12.5 Å². The minimum absolute atomic E-state index is 0.152. The largest absolute Gasteiger partial charge is 0.394 e. The smallest absolute Gasteiger partial charge is 0.220 e. The number of unbranched alkanes of at least 4 members (excludes halogenated alkanes) is 19. The van der Waals surface area contributed by atoms with E-state index in [4.69, 9.17) is 9.47 Å². The maximum atomic E-state index is 13.1. The summed E-state index contributed by atoms with van der Waals surface area (Å²) in [6, 6.07) is -0.737. The summed E-state index contributed by atoms with van der Waals surface area (Å²) in [5.74, 6) is -0.167. The van der Waals surface area contributed by atoms with Crippen LogP contribution in [0.25, 0.3) is 0 Å². The van der Waals surface area contributed by atoms with E-state index in [9.17, 15) is 30.3 Å². The standard InChI is InChI=1S/C62H105NO8/c1-3-5-7-9-11-13-15-17-19-20-21-22-23-24-25-26-27-28-29-30-31-32-33-34-35-36-38-40-42-44-46-48-50-52-58(66)63-55(54-70-62-61(69)60(68)59(67)57(53-64)71-62)56(65)51-49-47-45-43-41-39-37-18-16-14-12-10-8-6-4-2/h5,7,11,13,17,19,21-22,24-25,27-28,30-31,33-34,36,38,55-57,59-62,64-65,67-69H,3-4,6,8-10,12,14-16,18,20,23,26,29,32,35,37,39-54H2,1-2H3,(H,63,66)/b7-5-,13-11-,19-17-,22-21-,25-24-,28-27-,31-30-,34-33-,38-36-. The second kappa shape index (κ2) is 50.4. The predicted octanol–water partition coefficient (Wildman–Crippen LogP) is 14.2. The first-order chi connectivity index (χ1) is 34.8. The predicted molar refractivity (Wildman–Crippen MR) is 299 cm³/mol. The molecule has 9 nitrogen and oxygen atoms in total. The number of carbonyl (C=O) groups excluding carboxylic acids is 1. The van der Waals surface area contributed by atoms with Gasteiger partial charge in [0.05, 0.1) is 25.4 Å². The van der Waals surface area contributed by atoms with Crippen LogP contribution in [0.3, 0.4) is 0 Å². The van der Waals surface area contributed by atoms with Crippen molar-refractivity contribution < 1.29 is 39.8 Å². The topological polar surface area (TPSA) is 149 Å². The van der Waals surface area contributed by atoms with Gasteiger partial charge in [0.1, 0.15) is 24.4 Å². The van der Waals surface area contributed by atoms with Gasteiger partial charge in [0, 0.05) is 6.42 Å². The fourth-order valence-corrected chi connectivity index (χ4v) is 8.39. The summed E-state index contributed by atoms with van der Waals surface area (Å²) >= 11 is 0. The molecule has 6 N–H and O–H groups in total. The molecule has 0 saturated carbocycles. The summed E-state index contributed by atoms with van der Waals surface area (Å²) in [5, 5.41) is 54.6. The van der Waals surface area contributed by atoms with Crippen LogP contribution in [0.2, 0.25) is 0 Å². The Bertz CT molecular complexity index is 1480. The van der Waals surface area contributed by atoms with E-state index in [1.54, 1.807) is 0 Å². The molecule has 7 atom stereocenters. The number of aliphatic hydroxyl groups excluding tert-OH is 5. The normalized spacial score (nSPS) is 20.1. The molecule has 1 aliphatic heterocycles. The van der Waals surface area contributed by atoms with Crippen molar-refractivity contribution in [2.75, 3.05) is 13.2 Å². The van der Waals surface area contributed by atoms with Crippen molar-refractivity contribution in [3.63, 3.8) is 0 Å². The molecule has 0 aliphatic carbocycles. The maximum absolute atomic E-state index is 13.1. The molecule has 71 heavy (non-hydrogen) atoms. The Kier molecular flexibility index (Phi) is 46.7. The van der Waals surface area contributed by atoms with Gasteiger partial charge in [-0.15, -0.1) is 0 Å². The summed E-state index contributed by atoms with van der Waals surface area (Å²) in [7, 11) is 0. The number of hydrogen-bond acceptors (Lipinski definition) is 8.